The first-order chi connectivity index (χ1) is 13.8. The highest BCUT2D eigenvalue weighted by Gasteiger charge is 2.31. The van der Waals surface area contributed by atoms with Gasteiger partial charge in [-0.1, -0.05) is 19.3 Å². The topological polar surface area (TPSA) is 68.2 Å². The summed E-state index contributed by atoms with van der Waals surface area (Å²) >= 11 is 1.65. The maximum atomic E-state index is 13.1. The Morgan fingerprint density at radius 1 is 1.18 bits per heavy atom. The van der Waals surface area contributed by atoms with Crippen LogP contribution in [0.2, 0.25) is 0 Å². The van der Waals surface area contributed by atoms with Crippen LogP contribution in [0.5, 0.6) is 0 Å². The fourth-order valence-corrected chi connectivity index (χ4v) is 4.37. The predicted octanol–water partition coefficient (Wildman–Crippen LogP) is 3.28. The molecule has 156 valence electrons. The van der Waals surface area contributed by atoms with Crippen LogP contribution in [0, 0.1) is 0 Å². The predicted molar refractivity (Wildman–Crippen MR) is 108 cm³/mol. The Morgan fingerprint density at radius 3 is 2.68 bits per heavy atom. The Bertz CT molecular complexity index is 610. The first-order valence-electron chi connectivity index (χ1n) is 10.3. The summed E-state index contributed by atoms with van der Waals surface area (Å²) in [5.74, 6) is 0.494. The van der Waals surface area contributed by atoms with Gasteiger partial charge in [-0.25, -0.2) is 0 Å². The van der Waals surface area contributed by atoms with E-state index in [9.17, 15) is 4.79 Å². The summed E-state index contributed by atoms with van der Waals surface area (Å²) in [4.78, 5) is 15.1. The standard InChI is InChI=1S/C21H31NO5S/c23-9-10-25-11-12-26-20-15-18(17-6-13-28-16-17)14-19(27-20)21(24)22-7-4-2-1-3-5-8-22/h6,13-14,16,18,20,23H,1-5,7-12,15H2/t18-,20+/m1/s1. The van der Waals surface area contributed by atoms with Gasteiger partial charge in [0.25, 0.3) is 5.91 Å². The largest absolute Gasteiger partial charge is 0.459 e. The summed E-state index contributed by atoms with van der Waals surface area (Å²) in [6, 6.07) is 2.09. The van der Waals surface area contributed by atoms with Crippen molar-refractivity contribution in [1.82, 2.24) is 4.90 Å². The average Bonchev–Trinajstić information content (AvgIpc) is 3.22. The number of allylic oxidation sites excluding steroid dienone is 1. The minimum atomic E-state index is -0.471. The molecule has 6 nitrogen and oxygen atoms in total. The fraction of sp³-hybridized carbons (Fsp3) is 0.667. The zero-order valence-corrected chi connectivity index (χ0v) is 17.2. The smallest absolute Gasteiger partial charge is 0.288 e. The number of ether oxygens (including phenoxy) is 3. The number of carbonyl (C=O) groups is 1. The van der Waals surface area contributed by atoms with E-state index in [1.165, 1.54) is 24.8 Å². The number of aliphatic hydroxyl groups excluding tert-OH is 1. The Hall–Kier alpha value is -1.41. The first-order valence-corrected chi connectivity index (χ1v) is 11.2. The van der Waals surface area contributed by atoms with Gasteiger partial charge in [-0.15, -0.1) is 0 Å². The zero-order valence-electron chi connectivity index (χ0n) is 16.4. The summed E-state index contributed by atoms with van der Waals surface area (Å²) in [5.41, 5.74) is 1.19. The van der Waals surface area contributed by atoms with E-state index in [1.807, 2.05) is 11.0 Å². The summed E-state index contributed by atoms with van der Waals surface area (Å²) < 4.78 is 17.0. The van der Waals surface area contributed by atoms with Crippen LogP contribution in [0.3, 0.4) is 0 Å². The number of rotatable bonds is 8. The monoisotopic (exact) mass is 409 g/mol. The lowest BCUT2D eigenvalue weighted by atomic mass is 9.95. The molecular weight excluding hydrogens is 378 g/mol. The van der Waals surface area contributed by atoms with Crippen molar-refractivity contribution in [3.8, 4) is 0 Å². The first kappa shape index (κ1) is 21.3. The molecule has 1 amide bonds. The number of hydrogen-bond acceptors (Lipinski definition) is 6. The second kappa shape index (κ2) is 11.6. The van der Waals surface area contributed by atoms with E-state index in [1.54, 1.807) is 11.3 Å². The van der Waals surface area contributed by atoms with Gasteiger partial charge in [0, 0.05) is 25.4 Å². The van der Waals surface area contributed by atoms with Crippen molar-refractivity contribution in [3.63, 3.8) is 0 Å². The maximum absolute atomic E-state index is 13.1. The Morgan fingerprint density at radius 2 is 1.96 bits per heavy atom. The average molecular weight is 410 g/mol. The molecule has 0 aromatic carbocycles. The lowest BCUT2D eigenvalue weighted by Crippen LogP contribution is -2.38. The molecule has 0 bridgehead atoms. The number of hydrogen-bond donors (Lipinski definition) is 1. The number of amides is 1. The van der Waals surface area contributed by atoms with E-state index in [0.717, 1.165) is 25.9 Å². The number of aliphatic hydroxyl groups is 1. The lowest BCUT2D eigenvalue weighted by molar-refractivity contribution is -0.156. The van der Waals surface area contributed by atoms with Gasteiger partial charge in [0.2, 0.25) is 6.29 Å². The van der Waals surface area contributed by atoms with Gasteiger partial charge in [0.1, 0.15) is 0 Å². The highest BCUT2D eigenvalue weighted by molar-refractivity contribution is 7.08. The van der Waals surface area contributed by atoms with E-state index < -0.39 is 6.29 Å². The molecule has 2 aliphatic rings. The molecule has 2 aliphatic heterocycles. The van der Waals surface area contributed by atoms with Gasteiger partial charge < -0.3 is 24.2 Å². The summed E-state index contributed by atoms with van der Waals surface area (Å²) in [5, 5.41) is 12.9. The van der Waals surface area contributed by atoms with Crippen molar-refractivity contribution in [2.75, 3.05) is 39.5 Å². The van der Waals surface area contributed by atoms with E-state index in [4.69, 9.17) is 19.3 Å². The van der Waals surface area contributed by atoms with Gasteiger partial charge in [0.05, 0.1) is 26.4 Å². The lowest BCUT2D eigenvalue weighted by Gasteiger charge is -2.32. The minimum Gasteiger partial charge on any atom is -0.459 e. The van der Waals surface area contributed by atoms with Crippen LogP contribution in [0.4, 0.5) is 0 Å². The molecule has 0 unspecified atom stereocenters. The Labute approximate surface area is 171 Å². The van der Waals surface area contributed by atoms with Crippen molar-refractivity contribution in [2.45, 2.75) is 50.7 Å². The normalized spacial score (nSPS) is 23.5. The van der Waals surface area contributed by atoms with E-state index in [-0.39, 0.29) is 18.4 Å². The molecule has 1 saturated heterocycles. The molecule has 1 fully saturated rings. The summed E-state index contributed by atoms with van der Waals surface area (Å²) in [6.07, 6.45) is 7.89. The van der Waals surface area contributed by atoms with Crippen LogP contribution in [0.15, 0.2) is 28.7 Å². The van der Waals surface area contributed by atoms with Gasteiger partial charge in [-0.2, -0.15) is 11.3 Å². The maximum Gasteiger partial charge on any atom is 0.288 e. The number of likely N-dealkylation sites (tertiary alicyclic amines) is 1. The van der Waals surface area contributed by atoms with Gasteiger partial charge in [-0.05, 0) is 41.3 Å². The molecule has 2 atom stereocenters. The van der Waals surface area contributed by atoms with Gasteiger partial charge in [-0.3, -0.25) is 4.79 Å². The molecule has 0 radical (unpaired) electrons. The molecule has 1 N–H and O–H groups in total. The molecule has 0 spiro atoms. The molecule has 0 saturated carbocycles. The molecule has 1 aromatic rings. The number of carbonyl (C=O) groups excluding carboxylic acids is 1. The molecular formula is C21H31NO5S. The second-order valence-corrected chi connectivity index (χ2v) is 8.02. The number of nitrogens with zero attached hydrogens (tertiary/aromatic N) is 1. The van der Waals surface area contributed by atoms with Gasteiger partial charge in [0.15, 0.2) is 5.76 Å². The van der Waals surface area contributed by atoms with Crippen molar-refractivity contribution < 1.29 is 24.1 Å². The molecule has 7 heteroatoms. The van der Waals surface area contributed by atoms with E-state index in [2.05, 4.69) is 16.8 Å². The molecule has 28 heavy (non-hydrogen) atoms. The number of thiophene rings is 1. The quantitative estimate of drug-likeness (QED) is 0.668. The Balaban J connectivity index is 1.65. The molecule has 3 heterocycles. The molecule has 3 rings (SSSR count). The van der Waals surface area contributed by atoms with Crippen LogP contribution >= 0.6 is 11.3 Å². The third-order valence-electron chi connectivity index (χ3n) is 5.15. The summed E-state index contributed by atoms with van der Waals surface area (Å²) in [6.45, 7) is 2.64. The van der Waals surface area contributed by atoms with Crippen molar-refractivity contribution in [3.05, 3.63) is 34.2 Å². The highest BCUT2D eigenvalue weighted by Crippen LogP contribution is 2.33. The zero-order chi connectivity index (χ0) is 19.6. The molecule has 1 aromatic heterocycles. The van der Waals surface area contributed by atoms with Crippen LogP contribution in [0.1, 0.15) is 50.0 Å². The van der Waals surface area contributed by atoms with Crippen LogP contribution in [-0.2, 0) is 19.0 Å². The third-order valence-corrected chi connectivity index (χ3v) is 5.85. The summed E-state index contributed by atoms with van der Waals surface area (Å²) in [7, 11) is 0. The third kappa shape index (κ3) is 6.30. The van der Waals surface area contributed by atoms with Crippen molar-refractivity contribution in [1.29, 1.82) is 0 Å². The SMILES string of the molecule is O=C(C1=C[C@@H](c2ccsc2)C[C@@H](OCCOCCO)O1)N1CCCCCCC1. The van der Waals surface area contributed by atoms with Crippen LogP contribution < -0.4 is 0 Å². The van der Waals surface area contributed by atoms with Crippen molar-refractivity contribution >= 4 is 17.2 Å². The van der Waals surface area contributed by atoms with Crippen LogP contribution in [0.25, 0.3) is 0 Å². The van der Waals surface area contributed by atoms with Crippen molar-refractivity contribution in [2.24, 2.45) is 0 Å². The van der Waals surface area contributed by atoms with Crippen LogP contribution in [-0.4, -0.2) is 61.7 Å². The second-order valence-electron chi connectivity index (χ2n) is 7.24. The van der Waals surface area contributed by atoms with E-state index in [0.29, 0.717) is 32.0 Å². The molecule has 0 aliphatic carbocycles. The fourth-order valence-electron chi connectivity index (χ4n) is 3.64. The van der Waals surface area contributed by atoms with E-state index >= 15 is 0 Å². The van der Waals surface area contributed by atoms with Gasteiger partial charge >= 0.3 is 0 Å². The Kier molecular flexibility index (Phi) is 8.79. The minimum absolute atomic E-state index is 0.00260. The highest BCUT2D eigenvalue weighted by atomic mass is 32.1.